The molecule has 3 atom stereocenters. The first kappa shape index (κ1) is 17.3. The molecule has 0 aliphatic heterocycles. The molecule has 1 fully saturated rings. The predicted molar refractivity (Wildman–Crippen MR) is 99.5 cm³/mol. The third-order valence-electron chi connectivity index (χ3n) is 5.45. The Bertz CT molecular complexity index is 958. The molecule has 4 nitrogen and oxygen atoms in total. The van der Waals surface area contributed by atoms with Crippen LogP contribution in [0, 0.1) is 11.2 Å². The molecule has 136 valence electrons. The smallest absolute Gasteiger partial charge is 0.312 e. The number of benzene rings is 2. The van der Waals surface area contributed by atoms with Gasteiger partial charge in [-0.05, 0) is 18.1 Å². The summed E-state index contributed by atoms with van der Waals surface area (Å²) in [4.78, 5) is 20.5. The van der Waals surface area contributed by atoms with E-state index in [1.54, 1.807) is 0 Å². The molecule has 0 radical (unpaired) electrons. The van der Waals surface area contributed by atoms with Crippen LogP contribution in [0.1, 0.15) is 29.9 Å². The lowest BCUT2D eigenvalue weighted by Crippen LogP contribution is -2.17. The molecule has 1 aromatic heterocycles. The lowest BCUT2D eigenvalue weighted by atomic mass is 9.99. The summed E-state index contributed by atoms with van der Waals surface area (Å²) in [7, 11) is 1.43. The van der Waals surface area contributed by atoms with Gasteiger partial charge < -0.3 is 4.74 Å². The van der Waals surface area contributed by atoms with E-state index in [9.17, 15) is 9.18 Å². The summed E-state index contributed by atoms with van der Waals surface area (Å²) in [5.74, 6) is -0.0936. The molecule has 0 N–H and O–H groups in total. The minimum atomic E-state index is -0.593. The highest BCUT2D eigenvalue weighted by Crippen LogP contribution is 2.70. The number of aromatic nitrogens is 2. The van der Waals surface area contributed by atoms with E-state index in [0.29, 0.717) is 5.82 Å². The first-order valence-electron chi connectivity index (χ1n) is 8.77. The maximum absolute atomic E-state index is 13.0. The van der Waals surface area contributed by atoms with Crippen molar-refractivity contribution in [2.24, 2.45) is 5.41 Å². The van der Waals surface area contributed by atoms with Crippen molar-refractivity contribution in [3.05, 3.63) is 83.9 Å². The van der Waals surface area contributed by atoms with Crippen LogP contribution in [0.4, 0.5) is 4.39 Å². The fraction of sp³-hybridized carbons (Fsp3) is 0.227. The van der Waals surface area contributed by atoms with Crippen LogP contribution in [0.2, 0.25) is 0 Å². The van der Waals surface area contributed by atoms with Crippen molar-refractivity contribution in [2.75, 3.05) is 7.11 Å². The Morgan fingerprint density at radius 2 is 1.52 bits per heavy atom. The van der Waals surface area contributed by atoms with Gasteiger partial charge in [-0.3, -0.25) is 4.79 Å². The highest BCUT2D eigenvalue weighted by molar-refractivity contribution is 5.85. The van der Waals surface area contributed by atoms with Gasteiger partial charge in [-0.2, -0.15) is 0 Å². The number of ether oxygens (including phenoxy) is 1. The molecule has 1 heterocycles. The Morgan fingerprint density at radius 3 is 2.07 bits per heavy atom. The lowest BCUT2D eigenvalue weighted by Gasteiger charge is -2.09. The second-order valence-electron chi connectivity index (χ2n) is 6.99. The van der Waals surface area contributed by atoms with E-state index >= 15 is 0 Å². The molecule has 3 aromatic rings. The van der Waals surface area contributed by atoms with Crippen LogP contribution in [0.5, 0.6) is 0 Å². The zero-order valence-corrected chi connectivity index (χ0v) is 15.1. The standard InChI is InChI=1S/C22H19FN2O2/c1-22(21(26)27-2)18(14-6-4-3-5-7-14)19(22)15-8-10-16(11-9-15)20-24-12-17(23)13-25-20/h3-13,18-19H,1-2H3/t18?,19-,22-/m1/s1. The third kappa shape index (κ3) is 2.89. The fourth-order valence-corrected chi connectivity index (χ4v) is 4.03. The fourth-order valence-electron chi connectivity index (χ4n) is 4.03. The number of hydrogen-bond donors (Lipinski definition) is 0. The predicted octanol–water partition coefficient (Wildman–Crippen LogP) is 4.34. The molecule has 4 rings (SSSR count). The Balaban J connectivity index is 1.67. The number of methoxy groups -OCH3 is 1. The first-order chi connectivity index (χ1) is 13.1. The van der Waals surface area contributed by atoms with Crippen molar-refractivity contribution >= 4 is 5.97 Å². The van der Waals surface area contributed by atoms with Gasteiger partial charge in [0, 0.05) is 17.4 Å². The summed E-state index contributed by atoms with van der Waals surface area (Å²) < 4.78 is 18.1. The SMILES string of the molecule is COC(=O)[C@]1(C)C(c2ccccc2)[C@H]1c1ccc(-c2ncc(F)cn2)cc1. The van der Waals surface area contributed by atoms with Crippen molar-refractivity contribution in [3.8, 4) is 11.4 Å². The first-order valence-corrected chi connectivity index (χ1v) is 8.77. The average molecular weight is 362 g/mol. The second-order valence-corrected chi connectivity index (χ2v) is 6.99. The maximum atomic E-state index is 13.0. The summed E-state index contributed by atoms with van der Waals surface area (Å²) in [5.41, 5.74) is 2.39. The Hall–Kier alpha value is -3.08. The zero-order chi connectivity index (χ0) is 19.0. The van der Waals surface area contributed by atoms with Crippen LogP contribution in [0.3, 0.4) is 0 Å². The van der Waals surface area contributed by atoms with E-state index in [-0.39, 0.29) is 17.8 Å². The maximum Gasteiger partial charge on any atom is 0.312 e. The topological polar surface area (TPSA) is 52.1 Å². The molecule has 0 saturated heterocycles. The van der Waals surface area contributed by atoms with Crippen molar-refractivity contribution in [3.63, 3.8) is 0 Å². The molecule has 1 aliphatic carbocycles. The summed E-state index contributed by atoms with van der Waals surface area (Å²) in [6, 6.07) is 17.8. The average Bonchev–Trinajstić information content (AvgIpc) is 3.35. The minimum absolute atomic E-state index is 0.0375. The van der Waals surface area contributed by atoms with E-state index in [2.05, 4.69) is 9.97 Å². The largest absolute Gasteiger partial charge is 0.469 e. The molecule has 0 bridgehead atoms. The van der Waals surface area contributed by atoms with Crippen LogP contribution in [0.15, 0.2) is 67.0 Å². The van der Waals surface area contributed by atoms with Crippen molar-refractivity contribution < 1.29 is 13.9 Å². The zero-order valence-electron chi connectivity index (χ0n) is 15.1. The van der Waals surface area contributed by atoms with Crippen molar-refractivity contribution in [1.29, 1.82) is 0 Å². The van der Waals surface area contributed by atoms with Gasteiger partial charge in [0.05, 0.1) is 24.9 Å². The lowest BCUT2D eigenvalue weighted by molar-refractivity contribution is -0.146. The number of rotatable bonds is 4. The van der Waals surface area contributed by atoms with Gasteiger partial charge in [0.2, 0.25) is 0 Å². The Morgan fingerprint density at radius 1 is 0.963 bits per heavy atom. The molecule has 1 saturated carbocycles. The molecule has 5 heteroatoms. The molecule has 1 unspecified atom stereocenters. The highest BCUT2D eigenvalue weighted by Gasteiger charge is 2.67. The van der Waals surface area contributed by atoms with Gasteiger partial charge in [-0.25, -0.2) is 14.4 Å². The number of carbonyl (C=O) groups excluding carboxylic acids is 1. The summed E-state index contributed by atoms with van der Waals surface area (Å²) in [6.07, 6.45) is 2.30. The molecule has 2 aromatic carbocycles. The summed E-state index contributed by atoms with van der Waals surface area (Å²) in [5, 5.41) is 0. The quantitative estimate of drug-likeness (QED) is 0.648. The summed E-state index contributed by atoms with van der Waals surface area (Å²) in [6.45, 7) is 1.96. The van der Waals surface area contributed by atoms with E-state index in [1.165, 1.54) is 7.11 Å². The van der Waals surface area contributed by atoms with Gasteiger partial charge in [-0.1, -0.05) is 54.6 Å². The van der Waals surface area contributed by atoms with Gasteiger partial charge in [-0.15, -0.1) is 0 Å². The number of carbonyl (C=O) groups is 1. The van der Waals surface area contributed by atoms with Gasteiger partial charge in [0.1, 0.15) is 0 Å². The molecule has 1 aliphatic rings. The molecule has 27 heavy (non-hydrogen) atoms. The third-order valence-corrected chi connectivity index (χ3v) is 5.45. The summed E-state index contributed by atoms with van der Waals surface area (Å²) >= 11 is 0. The number of hydrogen-bond acceptors (Lipinski definition) is 4. The van der Waals surface area contributed by atoms with Crippen LogP contribution < -0.4 is 0 Å². The van der Waals surface area contributed by atoms with E-state index < -0.39 is 11.2 Å². The molecular formula is C22H19FN2O2. The highest BCUT2D eigenvalue weighted by atomic mass is 19.1. The monoisotopic (exact) mass is 362 g/mol. The van der Waals surface area contributed by atoms with Gasteiger partial charge >= 0.3 is 5.97 Å². The van der Waals surface area contributed by atoms with Crippen LogP contribution in [-0.4, -0.2) is 23.0 Å². The number of nitrogens with zero attached hydrogens (tertiary/aromatic N) is 2. The van der Waals surface area contributed by atoms with E-state index in [4.69, 9.17) is 4.74 Å². The van der Waals surface area contributed by atoms with E-state index in [0.717, 1.165) is 29.1 Å². The molecule has 0 amide bonds. The second kappa shape index (κ2) is 6.58. The van der Waals surface area contributed by atoms with Crippen molar-refractivity contribution in [2.45, 2.75) is 18.8 Å². The van der Waals surface area contributed by atoms with Crippen LogP contribution in [-0.2, 0) is 9.53 Å². The number of halogens is 1. The van der Waals surface area contributed by atoms with Crippen LogP contribution >= 0.6 is 0 Å². The van der Waals surface area contributed by atoms with Crippen molar-refractivity contribution in [1.82, 2.24) is 9.97 Å². The molecular weight excluding hydrogens is 343 g/mol. The normalized spacial score (nSPS) is 23.7. The van der Waals surface area contributed by atoms with Gasteiger partial charge in [0.15, 0.2) is 11.6 Å². The van der Waals surface area contributed by atoms with Crippen LogP contribution in [0.25, 0.3) is 11.4 Å². The molecule has 0 spiro atoms. The van der Waals surface area contributed by atoms with Gasteiger partial charge in [0.25, 0.3) is 0 Å². The Labute approximate surface area is 157 Å². The number of esters is 1. The Kier molecular flexibility index (Phi) is 4.22. The minimum Gasteiger partial charge on any atom is -0.469 e. The van der Waals surface area contributed by atoms with E-state index in [1.807, 2.05) is 61.5 Å².